The zero-order valence-corrected chi connectivity index (χ0v) is 11.4. The van der Waals surface area contributed by atoms with Crippen LogP contribution in [0.4, 0.5) is 0 Å². The number of halogens is 2. The van der Waals surface area contributed by atoms with Crippen molar-refractivity contribution in [1.29, 1.82) is 0 Å². The molecule has 0 amide bonds. The van der Waals surface area contributed by atoms with Gasteiger partial charge < -0.3 is 9.52 Å². The summed E-state index contributed by atoms with van der Waals surface area (Å²) in [4.78, 5) is 11.4. The predicted molar refractivity (Wildman–Crippen MR) is 71.7 cm³/mol. The van der Waals surface area contributed by atoms with Gasteiger partial charge in [0.05, 0.1) is 21.4 Å². The molecule has 1 aromatic heterocycles. The maximum absolute atomic E-state index is 10.7. The Balaban J connectivity index is 2.09. The second kappa shape index (κ2) is 5.69. The molecule has 3 nitrogen and oxygen atoms in total. The Morgan fingerprint density at radius 3 is 2.56 bits per heavy atom. The van der Waals surface area contributed by atoms with Gasteiger partial charge in [-0.1, -0.05) is 29.3 Å². The number of thioether (sulfide) groups is 1. The van der Waals surface area contributed by atoms with Crippen molar-refractivity contribution >= 4 is 40.9 Å². The van der Waals surface area contributed by atoms with Gasteiger partial charge in [-0.3, -0.25) is 0 Å². The van der Waals surface area contributed by atoms with Gasteiger partial charge in [-0.2, -0.15) is 0 Å². The maximum atomic E-state index is 10.7. The Morgan fingerprint density at radius 1 is 1.33 bits per heavy atom. The molecule has 1 aromatic carbocycles. The third-order valence-electron chi connectivity index (χ3n) is 2.18. The molecule has 2 rings (SSSR count). The van der Waals surface area contributed by atoms with Gasteiger partial charge in [0.1, 0.15) is 12.0 Å². The van der Waals surface area contributed by atoms with E-state index in [1.54, 1.807) is 18.2 Å². The quantitative estimate of drug-likeness (QED) is 0.840. The van der Waals surface area contributed by atoms with Crippen molar-refractivity contribution in [2.75, 3.05) is 0 Å². The molecule has 0 aliphatic carbocycles. The summed E-state index contributed by atoms with van der Waals surface area (Å²) in [6, 6.07) is 6.76. The van der Waals surface area contributed by atoms with Gasteiger partial charge in [0, 0.05) is 4.90 Å². The highest BCUT2D eigenvalue weighted by atomic mass is 35.5. The van der Waals surface area contributed by atoms with Gasteiger partial charge >= 0.3 is 5.97 Å². The summed E-state index contributed by atoms with van der Waals surface area (Å²) in [7, 11) is 0. The molecule has 2 aromatic rings. The highest BCUT2D eigenvalue weighted by Gasteiger charge is 2.11. The molecule has 0 spiro atoms. The molecule has 0 bridgehead atoms. The van der Waals surface area contributed by atoms with E-state index in [1.165, 1.54) is 24.1 Å². The Hall–Kier alpha value is -1.10. The van der Waals surface area contributed by atoms with Crippen molar-refractivity contribution < 1.29 is 14.3 Å². The van der Waals surface area contributed by atoms with E-state index in [4.69, 9.17) is 32.7 Å². The normalized spacial score (nSPS) is 10.6. The fourth-order valence-corrected chi connectivity index (χ4v) is 2.91. The average molecular weight is 303 g/mol. The van der Waals surface area contributed by atoms with Gasteiger partial charge in [0.25, 0.3) is 0 Å². The van der Waals surface area contributed by atoms with Crippen LogP contribution in [0.3, 0.4) is 0 Å². The highest BCUT2D eigenvalue weighted by molar-refractivity contribution is 7.98. The third kappa shape index (κ3) is 3.02. The SMILES string of the molecule is O=C(O)c1coc(CSc2c(Cl)cccc2Cl)c1. The van der Waals surface area contributed by atoms with Crippen LogP contribution in [0.2, 0.25) is 10.0 Å². The average Bonchev–Trinajstić information content (AvgIpc) is 2.77. The maximum Gasteiger partial charge on any atom is 0.338 e. The zero-order valence-electron chi connectivity index (χ0n) is 9.02. The molecular weight excluding hydrogens is 295 g/mol. The van der Waals surface area contributed by atoms with E-state index in [-0.39, 0.29) is 5.56 Å². The fourth-order valence-electron chi connectivity index (χ4n) is 1.33. The lowest BCUT2D eigenvalue weighted by Crippen LogP contribution is -1.91. The summed E-state index contributed by atoms with van der Waals surface area (Å²) in [5, 5.41) is 9.90. The third-order valence-corrected chi connectivity index (χ3v) is 4.19. The van der Waals surface area contributed by atoms with E-state index < -0.39 is 5.97 Å². The Kier molecular flexibility index (Phi) is 4.22. The lowest BCUT2D eigenvalue weighted by Gasteiger charge is -2.04. The minimum atomic E-state index is -1.01. The molecule has 0 radical (unpaired) electrons. The monoisotopic (exact) mass is 302 g/mol. The van der Waals surface area contributed by atoms with Crippen molar-refractivity contribution in [3.63, 3.8) is 0 Å². The summed E-state index contributed by atoms with van der Waals surface area (Å²) in [5.74, 6) is 0.0238. The summed E-state index contributed by atoms with van der Waals surface area (Å²) in [5.41, 5.74) is 0.135. The minimum absolute atomic E-state index is 0.135. The molecule has 0 saturated heterocycles. The van der Waals surface area contributed by atoms with E-state index >= 15 is 0 Å². The van der Waals surface area contributed by atoms with E-state index in [0.29, 0.717) is 21.6 Å². The first kappa shape index (κ1) is 13.3. The lowest BCUT2D eigenvalue weighted by atomic mass is 10.3. The van der Waals surface area contributed by atoms with Crippen LogP contribution in [0.1, 0.15) is 16.1 Å². The molecule has 0 aliphatic rings. The number of carboxylic acids is 1. The molecule has 94 valence electrons. The van der Waals surface area contributed by atoms with Crippen molar-refractivity contribution in [2.45, 2.75) is 10.6 Å². The summed E-state index contributed by atoms with van der Waals surface area (Å²) in [6.45, 7) is 0. The zero-order chi connectivity index (χ0) is 13.1. The van der Waals surface area contributed by atoms with Crippen LogP contribution in [-0.2, 0) is 5.75 Å². The largest absolute Gasteiger partial charge is 0.478 e. The molecule has 18 heavy (non-hydrogen) atoms. The number of furan rings is 1. The van der Waals surface area contributed by atoms with Crippen LogP contribution in [0, 0.1) is 0 Å². The van der Waals surface area contributed by atoms with E-state index in [0.717, 1.165) is 4.90 Å². The molecule has 0 unspecified atom stereocenters. The van der Waals surface area contributed by atoms with Crippen LogP contribution < -0.4 is 0 Å². The first-order valence-electron chi connectivity index (χ1n) is 4.95. The molecule has 1 N–H and O–H groups in total. The van der Waals surface area contributed by atoms with Gasteiger partial charge in [-0.25, -0.2) is 4.79 Å². The first-order chi connectivity index (χ1) is 8.58. The van der Waals surface area contributed by atoms with Crippen molar-refractivity contribution in [3.05, 3.63) is 51.9 Å². The Morgan fingerprint density at radius 2 is 2.00 bits per heavy atom. The fraction of sp³-hybridized carbons (Fsp3) is 0.0833. The smallest absolute Gasteiger partial charge is 0.338 e. The van der Waals surface area contributed by atoms with Gasteiger partial charge in [-0.15, -0.1) is 11.8 Å². The predicted octanol–water partition coefficient (Wildman–Crippen LogP) is 4.58. The second-order valence-electron chi connectivity index (χ2n) is 3.45. The molecule has 6 heteroatoms. The number of hydrogen-bond donors (Lipinski definition) is 1. The highest BCUT2D eigenvalue weighted by Crippen LogP contribution is 2.35. The molecule has 1 heterocycles. The van der Waals surface area contributed by atoms with Crippen molar-refractivity contribution in [2.24, 2.45) is 0 Å². The summed E-state index contributed by atoms with van der Waals surface area (Å²) < 4.78 is 5.14. The molecule has 0 saturated carbocycles. The molecule has 0 aliphatic heterocycles. The van der Waals surface area contributed by atoms with Crippen molar-refractivity contribution in [1.82, 2.24) is 0 Å². The number of hydrogen-bond acceptors (Lipinski definition) is 3. The van der Waals surface area contributed by atoms with E-state index in [1.807, 2.05) is 0 Å². The topological polar surface area (TPSA) is 50.4 Å². The second-order valence-corrected chi connectivity index (χ2v) is 5.25. The van der Waals surface area contributed by atoms with Gasteiger partial charge in [-0.05, 0) is 18.2 Å². The molecule has 0 atom stereocenters. The van der Waals surface area contributed by atoms with E-state index in [2.05, 4.69) is 0 Å². The van der Waals surface area contributed by atoms with Crippen LogP contribution in [0.15, 0.2) is 39.8 Å². The van der Waals surface area contributed by atoms with Gasteiger partial charge in [0.15, 0.2) is 0 Å². The standard InChI is InChI=1S/C12H8Cl2O3S/c13-9-2-1-3-10(14)11(9)18-6-8-4-7(5-17-8)12(15)16/h1-5H,6H2,(H,15,16). The first-order valence-corrected chi connectivity index (χ1v) is 6.69. The number of carbonyl (C=O) groups is 1. The van der Waals surface area contributed by atoms with Gasteiger partial charge in [0.2, 0.25) is 0 Å². The van der Waals surface area contributed by atoms with Crippen LogP contribution in [0.25, 0.3) is 0 Å². The number of aromatic carboxylic acids is 1. The van der Waals surface area contributed by atoms with Crippen LogP contribution >= 0.6 is 35.0 Å². The van der Waals surface area contributed by atoms with Crippen LogP contribution in [0.5, 0.6) is 0 Å². The number of rotatable bonds is 4. The van der Waals surface area contributed by atoms with Crippen LogP contribution in [-0.4, -0.2) is 11.1 Å². The summed E-state index contributed by atoms with van der Waals surface area (Å²) in [6.07, 6.45) is 1.21. The minimum Gasteiger partial charge on any atom is -0.478 e. The molecule has 0 fully saturated rings. The number of benzene rings is 1. The number of carboxylic acid groups (broad SMARTS) is 1. The Labute approximate surface area is 118 Å². The van der Waals surface area contributed by atoms with E-state index in [9.17, 15) is 4.79 Å². The summed E-state index contributed by atoms with van der Waals surface area (Å²) >= 11 is 13.4. The lowest BCUT2D eigenvalue weighted by molar-refractivity contribution is 0.0696. The molecular formula is C12H8Cl2O3S. The van der Waals surface area contributed by atoms with Crippen molar-refractivity contribution in [3.8, 4) is 0 Å². The Bertz CT molecular complexity index is 560.